The van der Waals surface area contributed by atoms with Crippen LogP contribution in [0.25, 0.3) is 0 Å². The fourth-order valence-electron chi connectivity index (χ4n) is 4.27. The zero-order valence-corrected chi connectivity index (χ0v) is 21.9. The average molecular weight is 511 g/mol. The number of sulfonamides is 1. The number of nitrogens with zero attached hydrogens (tertiary/aromatic N) is 2. The van der Waals surface area contributed by atoms with Crippen molar-refractivity contribution in [1.29, 1.82) is 0 Å². The molecule has 3 aromatic rings. The van der Waals surface area contributed by atoms with Crippen molar-refractivity contribution in [2.75, 3.05) is 46.9 Å². The minimum absolute atomic E-state index is 0.178. The van der Waals surface area contributed by atoms with Crippen LogP contribution in [0.2, 0.25) is 0 Å². The molecule has 0 bridgehead atoms. The van der Waals surface area contributed by atoms with Gasteiger partial charge in [0, 0.05) is 38.8 Å². The molecule has 4 rings (SSSR count). The predicted molar refractivity (Wildman–Crippen MR) is 140 cm³/mol. The monoisotopic (exact) mass is 510 g/mol. The first-order valence-corrected chi connectivity index (χ1v) is 13.5. The summed E-state index contributed by atoms with van der Waals surface area (Å²) in [6.07, 6.45) is -0.178. The Kier molecular flexibility index (Phi) is 8.64. The van der Waals surface area contributed by atoms with E-state index in [1.54, 1.807) is 35.7 Å². The summed E-state index contributed by atoms with van der Waals surface area (Å²) in [7, 11) is -0.391. The van der Waals surface area contributed by atoms with Gasteiger partial charge in [-0.05, 0) is 42.3 Å². The molecule has 1 heterocycles. The van der Waals surface area contributed by atoms with E-state index in [4.69, 9.17) is 14.2 Å². The zero-order chi connectivity index (χ0) is 25.5. The summed E-state index contributed by atoms with van der Waals surface area (Å²) < 4.78 is 44.9. The molecule has 0 radical (unpaired) electrons. The summed E-state index contributed by atoms with van der Waals surface area (Å²) in [4.78, 5) is 2.52. The molecule has 1 aliphatic heterocycles. The van der Waals surface area contributed by atoms with E-state index in [2.05, 4.69) is 36.1 Å². The molecule has 1 saturated heterocycles. The second-order valence-electron chi connectivity index (χ2n) is 8.95. The third-order valence-electron chi connectivity index (χ3n) is 6.47. The van der Waals surface area contributed by atoms with Gasteiger partial charge in [0.2, 0.25) is 10.0 Å². The minimum atomic E-state index is -3.58. The van der Waals surface area contributed by atoms with Crippen LogP contribution in [-0.2, 0) is 21.4 Å². The van der Waals surface area contributed by atoms with E-state index in [1.807, 2.05) is 24.3 Å². The van der Waals surface area contributed by atoms with E-state index >= 15 is 0 Å². The minimum Gasteiger partial charge on any atom is -0.497 e. The average Bonchev–Trinajstić information content (AvgIpc) is 2.92. The van der Waals surface area contributed by atoms with Crippen molar-refractivity contribution in [3.05, 3.63) is 89.5 Å². The molecule has 192 valence electrons. The van der Waals surface area contributed by atoms with Crippen LogP contribution in [0.3, 0.4) is 0 Å². The number of hydrogen-bond donors (Lipinski definition) is 0. The molecule has 1 atom stereocenters. The first kappa shape index (κ1) is 26.2. The third-order valence-corrected chi connectivity index (χ3v) is 8.37. The van der Waals surface area contributed by atoms with Gasteiger partial charge in [0.05, 0.1) is 31.8 Å². The Bertz CT molecular complexity index is 1240. The van der Waals surface area contributed by atoms with Crippen molar-refractivity contribution in [2.24, 2.45) is 0 Å². The van der Waals surface area contributed by atoms with Gasteiger partial charge in [-0.3, -0.25) is 4.90 Å². The van der Waals surface area contributed by atoms with E-state index in [1.165, 1.54) is 12.7 Å². The fourth-order valence-corrected chi connectivity index (χ4v) is 5.73. The summed E-state index contributed by atoms with van der Waals surface area (Å²) in [5, 5.41) is 0. The zero-order valence-electron chi connectivity index (χ0n) is 21.1. The molecule has 0 amide bonds. The SMILES string of the molecule is COc1cccc([C@@H](CN2CCN(S(=O)(=O)c3cccc(OC)c3)CC2)OCc2ccc(C)cc2)c1. The Morgan fingerprint density at radius 2 is 1.47 bits per heavy atom. The highest BCUT2D eigenvalue weighted by molar-refractivity contribution is 7.89. The van der Waals surface area contributed by atoms with Crippen LogP contribution in [0.1, 0.15) is 22.8 Å². The molecule has 1 fully saturated rings. The van der Waals surface area contributed by atoms with Gasteiger partial charge in [-0.1, -0.05) is 48.0 Å². The van der Waals surface area contributed by atoms with Crippen LogP contribution in [-0.4, -0.2) is 64.6 Å². The summed E-state index contributed by atoms with van der Waals surface area (Å²) in [6.45, 7) is 5.30. The molecule has 0 saturated carbocycles. The molecular weight excluding hydrogens is 476 g/mol. The smallest absolute Gasteiger partial charge is 0.243 e. The van der Waals surface area contributed by atoms with E-state index in [9.17, 15) is 8.42 Å². The Morgan fingerprint density at radius 3 is 2.14 bits per heavy atom. The largest absolute Gasteiger partial charge is 0.497 e. The molecule has 36 heavy (non-hydrogen) atoms. The van der Waals surface area contributed by atoms with Gasteiger partial charge in [0.1, 0.15) is 11.5 Å². The van der Waals surface area contributed by atoms with Crippen molar-refractivity contribution in [1.82, 2.24) is 9.21 Å². The van der Waals surface area contributed by atoms with E-state index in [0.717, 1.165) is 16.9 Å². The number of aryl methyl sites for hydroxylation is 1. The maximum Gasteiger partial charge on any atom is 0.243 e. The van der Waals surface area contributed by atoms with Crippen LogP contribution in [0.15, 0.2) is 77.7 Å². The lowest BCUT2D eigenvalue weighted by molar-refractivity contribution is 0.00762. The van der Waals surface area contributed by atoms with Crippen LogP contribution in [0, 0.1) is 6.92 Å². The summed E-state index contributed by atoms with van der Waals surface area (Å²) in [6, 6.07) is 22.9. The highest BCUT2D eigenvalue weighted by atomic mass is 32.2. The molecule has 3 aromatic carbocycles. The lowest BCUT2D eigenvalue weighted by Crippen LogP contribution is -2.49. The number of benzene rings is 3. The van der Waals surface area contributed by atoms with Gasteiger partial charge in [0.15, 0.2) is 0 Å². The topological polar surface area (TPSA) is 68.3 Å². The Balaban J connectivity index is 1.43. The number of rotatable bonds is 10. The number of piperazine rings is 1. The molecule has 8 heteroatoms. The fraction of sp³-hybridized carbons (Fsp3) is 0.357. The quantitative estimate of drug-likeness (QED) is 0.406. The maximum atomic E-state index is 13.2. The van der Waals surface area contributed by atoms with Crippen LogP contribution in [0.5, 0.6) is 11.5 Å². The lowest BCUT2D eigenvalue weighted by atomic mass is 10.1. The first-order valence-electron chi connectivity index (χ1n) is 12.1. The van der Waals surface area contributed by atoms with Gasteiger partial charge < -0.3 is 14.2 Å². The molecule has 0 aliphatic carbocycles. The van der Waals surface area contributed by atoms with E-state index < -0.39 is 10.0 Å². The van der Waals surface area contributed by atoms with E-state index in [-0.39, 0.29) is 11.0 Å². The third kappa shape index (κ3) is 6.44. The highest BCUT2D eigenvalue weighted by Gasteiger charge is 2.30. The van der Waals surface area contributed by atoms with Crippen LogP contribution < -0.4 is 9.47 Å². The second-order valence-corrected chi connectivity index (χ2v) is 10.9. The summed E-state index contributed by atoms with van der Waals surface area (Å²) in [5.74, 6) is 1.31. The molecule has 7 nitrogen and oxygen atoms in total. The predicted octanol–water partition coefficient (Wildman–Crippen LogP) is 4.28. The number of methoxy groups -OCH3 is 2. The molecule has 1 aliphatic rings. The summed E-state index contributed by atoms with van der Waals surface area (Å²) >= 11 is 0. The van der Waals surface area contributed by atoms with Gasteiger partial charge in [-0.15, -0.1) is 0 Å². The normalized spacial score (nSPS) is 16.0. The van der Waals surface area contributed by atoms with Crippen molar-refractivity contribution >= 4 is 10.0 Å². The molecule has 0 N–H and O–H groups in total. The maximum absolute atomic E-state index is 13.2. The standard InChI is InChI=1S/C28H34N2O5S/c1-22-10-12-23(13-11-22)21-35-28(24-6-4-7-25(18-24)33-2)20-29-14-16-30(17-15-29)36(31,32)27-9-5-8-26(19-27)34-3/h4-13,18-19,28H,14-17,20-21H2,1-3H3/t28-/m1/s1. The Hall–Kier alpha value is -2.91. The Labute approximate surface area is 214 Å². The molecular formula is C28H34N2O5S. The van der Waals surface area contributed by atoms with Gasteiger partial charge in [-0.25, -0.2) is 8.42 Å². The number of hydrogen-bond acceptors (Lipinski definition) is 6. The molecule has 0 unspecified atom stereocenters. The van der Waals surface area contributed by atoms with Crippen molar-refractivity contribution in [3.63, 3.8) is 0 Å². The first-order chi connectivity index (χ1) is 17.4. The van der Waals surface area contributed by atoms with Crippen molar-refractivity contribution in [2.45, 2.75) is 24.5 Å². The lowest BCUT2D eigenvalue weighted by Gasteiger charge is -2.36. The van der Waals surface area contributed by atoms with Crippen LogP contribution >= 0.6 is 0 Å². The van der Waals surface area contributed by atoms with E-state index in [0.29, 0.717) is 45.1 Å². The van der Waals surface area contributed by atoms with Gasteiger partial charge in [-0.2, -0.15) is 4.31 Å². The van der Waals surface area contributed by atoms with Crippen molar-refractivity contribution in [3.8, 4) is 11.5 Å². The van der Waals surface area contributed by atoms with Gasteiger partial charge in [0.25, 0.3) is 0 Å². The van der Waals surface area contributed by atoms with Crippen molar-refractivity contribution < 1.29 is 22.6 Å². The highest BCUT2D eigenvalue weighted by Crippen LogP contribution is 2.26. The second kappa shape index (κ2) is 11.9. The van der Waals surface area contributed by atoms with Crippen LogP contribution in [0.4, 0.5) is 0 Å². The number of ether oxygens (including phenoxy) is 3. The Morgan fingerprint density at radius 1 is 0.833 bits per heavy atom. The molecule has 0 aromatic heterocycles. The van der Waals surface area contributed by atoms with Gasteiger partial charge >= 0.3 is 0 Å². The summed E-state index contributed by atoms with van der Waals surface area (Å²) in [5.41, 5.74) is 3.36. The molecule has 0 spiro atoms.